The number of hydrogen-bond acceptors (Lipinski definition) is 2. The smallest absolute Gasteiger partial charge is 0.132 e. The van der Waals surface area contributed by atoms with Gasteiger partial charge in [0.2, 0.25) is 0 Å². The maximum absolute atomic E-state index is 11.7. The Hall–Kier alpha value is -1.02. The molecule has 0 bridgehead atoms. The second-order valence-electron chi connectivity index (χ2n) is 5.93. The van der Waals surface area contributed by atoms with Crippen molar-refractivity contribution in [3.63, 3.8) is 0 Å². The quantitative estimate of drug-likeness (QED) is 0.557. The minimum Gasteiger partial charge on any atom is -0.493 e. The van der Waals surface area contributed by atoms with E-state index in [-0.39, 0.29) is 0 Å². The molecule has 1 rings (SSSR count). The van der Waals surface area contributed by atoms with E-state index >= 15 is 0 Å². The van der Waals surface area contributed by atoms with Crippen LogP contribution in [0.15, 0.2) is 6.07 Å². The van der Waals surface area contributed by atoms with E-state index in [0.717, 1.165) is 41.2 Å². The van der Waals surface area contributed by atoms with Gasteiger partial charge < -0.3 is 4.74 Å². The minimum absolute atomic E-state index is 0.320. The van der Waals surface area contributed by atoms with Crippen molar-refractivity contribution < 1.29 is 9.53 Å². The number of benzene rings is 1. The second kappa shape index (κ2) is 9.19. The maximum atomic E-state index is 11.7. The van der Waals surface area contributed by atoms with Crippen LogP contribution in [-0.2, 0) is 4.79 Å². The summed E-state index contributed by atoms with van der Waals surface area (Å²) in [6.07, 6.45) is 4.08. The summed E-state index contributed by atoms with van der Waals surface area (Å²) in [6.45, 7) is 11.0. The molecule has 0 N–H and O–H groups in total. The molecule has 3 heteroatoms. The van der Waals surface area contributed by atoms with Crippen molar-refractivity contribution in [1.29, 1.82) is 0 Å². The molecular formula is C19H29ClO2. The van der Waals surface area contributed by atoms with Crippen LogP contribution >= 0.6 is 11.6 Å². The molecule has 124 valence electrons. The molecule has 0 radical (unpaired) electrons. The predicted molar refractivity (Wildman–Crippen MR) is 94.3 cm³/mol. The molecule has 0 amide bonds. The van der Waals surface area contributed by atoms with Crippen molar-refractivity contribution >= 4 is 17.4 Å². The van der Waals surface area contributed by atoms with Gasteiger partial charge >= 0.3 is 0 Å². The third kappa shape index (κ3) is 4.74. The van der Waals surface area contributed by atoms with E-state index in [0.29, 0.717) is 31.1 Å². The van der Waals surface area contributed by atoms with Gasteiger partial charge in [-0.15, -0.1) is 0 Å². The average molecular weight is 325 g/mol. The van der Waals surface area contributed by atoms with Crippen LogP contribution in [0.3, 0.4) is 0 Å². The Morgan fingerprint density at radius 1 is 1.27 bits per heavy atom. The van der Waals surface area contributed by atoms with Crippen LogP contribution in [-0.4, -0.2) is 12.4 Å². The van der Waals surface area contributed by atoms with E-state index in [1.165, 1.54) is 5.56 Å². The Labute approximate surface area is 140 Å². The first-order chi connectivity index (χ1) is 10.5. The van der Waals surface area contributed by atoms with Crippen molar-refractivity contribution in [3.05, 3.63) is 27.8 Å². The molecule has 0 aliphatic carbocycles. The summed E-state index contributed by atoms with van der Waals surface area (Å²) >= 11 is 6.46. The Morgan fingerprint density at radius 3 is 2.50 bits per heavy atom. The van der Waals surface area contributed by atoms with Crippen LogP contribution in [0.2, 0.25) is 5.02 Å². The number of aryl methyl sites for hydroxylation is 1. The van der Waals surface area contributed by atoms with Crippen LogP contribution in [0.4, 0.5) is 0 Å². The standard InChI is InChI=1S/C19H29ClO2/c1-6-11-22-17-12-13(4)19(20)14(5)18(17)15(7-2)9-10-16(21)8-3/h12,15H,6-11H2,1-5H3. The minimum atomic E-state index is 0.320. The highest BCUT2D eigenvalue weighted by atomic mass is 35.5. The summed E-state index contributed by atoms with van der Waals surface area (Å²) in [5.74, 6) is 1.59. The molecule has 22 heavy (non-hydrogen) atoms. The fourth-order valence-corrected chi connectivity index (χ4v) is 3.00. The summed E-state index contributed by atoms with van der Waals surface area (Å²) in [7, 11) is 0. The number of carbonyl (C=O) groups is 1. The summed E-state index contributed by atoms with van der Waals surface area (Å²) in [4.78, 5) is 11.7. The topological polar surface area (TPSA) is 26.3 Å². The van der Waals surface area contributed by atoms with Crippen molar-refractivity contribution in [1.82, 2.24) is 0 Å². The molecule has 0 saturated carbocycles. The van der Waals surface area contributed by atoms with Crippen LogP contribution < -0.4 is 4.74 Å². The molecule has 2 nitrogen and oxygen atoms in total. The van der Waals surface area contributed by atoms with E-state index in [4.69, 9.17) is 16.3 Å². The van der Waals surface area contributed by atoms with Gasteiger partial charge in [0.1, 0.15) is 11.5 Å². The highest BCUT2D eigenvalue weighted by molar-refractivity contribution is 6.32. The summed E-state index contributed by atoms with van der Waals surface area (Å²) in [5.41, 5.74) is 3.34. The first-order valence-corrected chi connectivity index (χ1v) is 8.77. The van der Waals surface area contributed by atoms with E-state index in [1.54, 1.807) is 0 Å². The zero-order valence-electron chi connectivity index (χ0n) is 14.6. The molecule has 1 unspecified atom stereocenters. The lowest BCUT2D eigenvalue weighted by Crippen LogP contribution is -2.09. The number of hydrogen-bond donors (Lipinski definition) is 0. The Kier molecular flexibility index (Phi) is 7.95. The van der Waals surface area contributed by atoms with Crippen LogP contribution in [0.5, 0.6) is 5.75 Å². The number of ketones is 1. The van der Waals surface area contributed by atoms with E-state index < -0.39 is 0 Å². The largest absolute Gasteiger partial charge is 0.493 e. The summed E-state index contributed by atoms with van der Waals surface area (Å²) < 4.78 is 5.98. The van der Waals surface area contributed by atoms with Gasteiger partial charge in [0, 0.05) is 23.4 Å². The van der Waals surface area contributed by atoms with Crippen LogP contribution in [0.1, 0.15) is 75.5 Å². The zero-order valence-corrected chi connectivity index (χ0v) is 15.3. The van der Waals surface area contributed by atoms with E-state index in [1.807, 2.05) is 19.9 Å². The Balaban J connectivity index is 3.16. The van der Waals surface area contributed by atoms with Gasteiger partial charge in [0.05, 0.1) is 6.61 Å². The van der Waals surface area contributed by atoms with Gasteiger partial charge in [-0.2, -0.15) is 0 Å². The molecule has 1 aromatic carbocycles. The molecule has 0 aliphatic heterocycles. The molecule has 1 aromatic rings. The molecule has 0 heterocycles. The maximum Gasteiger partial charge on any atom is 0.132 e. The number of ether oxygens (including phenoxy) is 1. The van der Waals surface area contributed by atoms with Crippen molar-refractivity contribution in [2.24, 2.45) is 0 Å². The van der Waals surface area contributed by atoms with Gasteiger partial charge in [-0.05, 0) is 56.2 Å². The lowest BCUT2D eigenvalue weighted by molar-refractivity contribution is -0.118. The molecule has 0 saturated heterocycles. The van der Waals surface area contributed by atoms with E-state index in [2.05, 4.69) is 20.8 Å². The fourth-order valence-electron chi connectivity index (χ4n) is 2.84. The number of rotatable bonds is 9. The fraction of sp³-hybridized carbons (Fsp3) is 0.632. The van der Waals surface area contributed by atoms with Gasteiger partial charge in [-0.3, -0.25) is 4.79 Å². The molecule has 1 atom stereocenters. The first-order valence-electron chi connectivity index (χ1n) is 8.40. The number of halogens is 1. The third-order valence-electron chi connectivity index (χ3n) is 4.22. The van der Waals surface area contributed by atoms with Gasteiger partial charge in [0.15, 0.2) is 0 Å². The molecule has 0 aliphatic rings. The van der Waals surface area contributed by atoms with E-state index in [9.17, 15) is 4.79 Å². The summed E-state index contributed by atoms with van der Waals surface area (Å²) in [5, 5.41) is 0.819. The SMILES string of the molecule is CCCOc1cc(C)c(Cl)c(C)c1C(CC)CCC(=O)CC. The van der Waals surface area contributed by atoms with Crippen molar-refractivity contribution in [3.8, 4) is 5.75 Å². The lowest BCUT2D eigenvalue weighted by atomic mass is 9.86. The Morgan fingerprint density at radius 2 is 1.95 bits per heavy atom. The molecule has 0 fully saturated rings. The monoisotopic (exact) mass is 324 g/mol. The van der Waals surface area contributed by atoms with Crippen molar-refractivity contribution in [2.45, 2.75) is 72.6 Å². The molecular weight excluding hydrogens is 296 g/mol. The Bertz CT molecular complexity index is 509. The summed E-state index contributed by atoms with van der Waals surface area (Å²) in [6, 6.07) is 2.05. The molecule has 0 spiro atoms. The highest BCUT2D eigenvalue weighted by Gasteiger charge is 2.21. The zero-order chi connectivity index (χ0) is 16.7. The van der Waals surface area contributed by atoms with Crippen LogP contribution in [0, 0.1) is 13.8 Å². The third-order valence-corrected chi connectivity index (χ3v) is 4.80. The van der Waals surface area contributed by atoms with Gasteiger partial charge in [-0.25, -0.2) is 0 Å². The number of Topliss-reactive ketones (excluding diaryl/α,β-unsaturated/α-hetero) is 1. The predicted octanol–water partition coefficient (Wildman–Crippen LogP) is 6.00. The lowest BCUT2D eigenvalue weighted by Gasteiger charge is -2.23. The van der Waals surface area contributed by atoms with Crippen LogP contribution in [0.25, 0.3) is 0 Å². The first kappa shape index (κ1) is 19.0. The average Bonchev–Trinajstić information content (AvgIpc) is 2.52. The number of carbonyl (C=O) groups excluding carboxylic acids is 1. The van der Waals surface area contributed by atoms with Gasteiger partial charge in [-0.1, -0.05) is 32.4 Å². The highest BCUT2D eigenvalue weighted by Crippen LogP contribution is 2.40. The normalized spacial score (nSPS) is 12.3. The van der Waals surface area contributed by atoms with Gasteiger partial charge in [0.25, 0.3) is 0 Å². The molecule has 0 aromatic heterocycles. The second-order valence-corrected chi connectivity index (χ2v) is 6.31. The van der Waals surface area contributed by atoms with Crippen molar-refractivity contribution in [2.75, 3.05) is 6.61 Å².